The largest absolute Gasteiger partial charge is 0.227 e. The second-order valence-electron chi connectivity index (χ2n) is 0.468. The van der Waals surface area contributed by atoms with Crippen molar-refractivity contribution < 1.29 is 8.42 Å². The van der Waals surface area contributed by atoms with Gasteiger partial charge in [0.2, 0.25) is 0 Å². The summed E-state index contributed by atoms with van der Waals surface area (Å²) in [5, 5.41) is 0.870. The fourth-order valence-electron chi connectivity index (χ4n) is 0. The molecule has 0 atom stereocenters. The highest BCUT2D eigenvalue weighted by Gasteiger charge is 1.55. The Labute approximate surface area is 32.1 Å². The average molecular weight is 92.1 g/mol. The molecule has 0 radical (unpaired) electrons. The van der Waals surface area contributed by atoms with E-state index in [9.17, 15) is 8.42 Å². The second-order valence-corrected chi connectivity index (χ2v) is 1.40. The fourth-order valence-corrected chi connectivity index (χ4v) is 0. The molecule has 0 aromatic rings. The number of rotatable bonds is 1. The van der Waals surface area contributed by atoms with E-state index in [4.69, 9.17) is 0 Å². The third-order valence-corrected chi connectivity index (χ3v) is 0.447. The summed E-state index contributed by atoms with van der Waals surface area (Å²) in [6, 6.07) is 0. The van der Waals surface area contributed by atoms with E-state index >= 15 is 0 Å². The lowest BCUT2D eigenvalue weighted by atomic mass is 11.3. The standard InChI is InChI=1S/C2H4O2S/c1-2-5(3)4/h2,5H,1H2. The van der Waals surface area contributed by atoms with E-state index in [2.05, 4.69) is 6.58 Å². The van der Waals surface area contributed by atoms with Crippen LogP contribution in [0.4, 0.5) is 0 Å². The summed E-state index contributed by atoms with van der Waals surface area (Å²) >= 11 is 0. The van der Waals surface area contributed by atoms with Gasteiger partial charge in [0.1, 0.15) is 0 Å². The predicted octanol–water partition coefficient (Wildman–Crippen LogP) is -0.259. The Bertz CT molecular complexity index is 83.8. The molecule has 5 heavy (non-hydrogen) atoms. The Kier molecular flexibility index (Phi) is 1.84. The summed E-state index contributed by atoms with van der Waals surface area (Å²) in [4.78, 5) is 0. The SMILES string of the molecule is C=C[SH](=O)=O. The van der Waals surface area contributed by atoms with Crippen LogP contribution in [0.1, 0.15) is 0 Å². The van der Waals surface area contributed by atoms with Gasteiger partial charge in [0.05, 0.1) is 0 Å². The lowest BCUT2D eigenvalue weighted by molar-refractivity contribution is 0.622. The summed E-state index contributed by atoms with van der Waals surface area (Å²) in [5.41, 5.74) is 0. The molecule has 0 aliphatic carbocycles. The summed E-state index contributed by atoms with van der Waals surface area (Å²) in [5.74, 6) is 0. The Morgan fingerprint density at radius 2 is 1.80 bits per heavy atom. The zero-order valence-electron chi connectivity index (χ0n) is 2.55. The van der Waals surface area contributed by atoms with E-state index in [1.807, 2.05) is 0 Å². The van der Waals surface area contributed by atoms with Crippen molar-refractivity contribution in [2.45, 2.75) is 0 Å². The zero-order valence-corrected chi connectivity index (χ0v) is 3.44. The Hall–Kier alpha value is -0.310. The van der Waals surface area contributed by atoms with Crippen molar-refractivity contribution in [3.05, 3.63) is 12.0 Å². The van der Waals surface area contributed by atoms with E-state index in [1.165, 1.54) is 0 Å². The van der Waals surface area contributed by atoms with Gasteiger partial charge in [-0.1, -0.05) is 6.58 Å². The molecule has 0 rings (SSSR count). The Morgan fingerprint density at radius 1 is 1.60 bits per heavy atom. The van der Waals surface area contributed by atoms with Gasteiger partial charge in [-0.15, -0.1) is 0 Å². The molecule has 0 saturated heterocycles. The van der Waals surface area contributed by atoms with Crippen LogP contribution < -0.4 is 0 Å². The quantitative estimate of drug-likeness (QED) is 0.452. The molecule has 0 saturated carbocycles. The van der Waals surface area contributed by atoms with Crippen LogP contribution in [-0.4, -0.2) is 8.42 Å². The third kappa shape index (κ3) is 3.69. The average Bonchev–Trinajstić information content (AvgIpc) is 1.38. The van der Waals surface area contributed by atoms with Crippen molar-refractivity contribution in [1.29, 1.82) is 0 Å². The normalized spacial score (nSPS) is 8.20. The molecule has 0 N–H and O–H groups in total. The lowest BCUT2D eigenvalue weighted by Crippen LogP contribution is -1.54. The lowest BCUT2D eigenvalue weighted by Gasteiger charge is -1.49. The molecule has 0 heterocycles. The van der Waals surface area contributed by atoms with Crippen LogP contribution in [0.15, 0.2) is 12.0 Å². The van der Waals surface area contributed by atoms with Crippen LogP contribution in [0.25, 0.3) is 0 Å². The third-order valence-electron chi connectivity index (χ3n) is 0.149. The molecule has 0 spiro atoms. The molecule has 0 fully saturated rings. The number of hydrogen-bond donors (Lipinski definition) is 1. The van der Waals surface area contributed by atoms with Crippen LogP contribution in [0.2, 0.25) is 0 Å². The van der Waals surface area contributed by atoms with Crippen LogP contribution in [-0.2, 0) is 10.7 Å². The van der Waals surface area contributed by atoms with Gasteiger partial charge in [0, 0.05) is 5.41 Å². The summed E-state index contributed by atoms with van der Waals surface area (Å²) in [6.45, 7) is 2.96. The topological polar surface area (TPSA) is 34.1 Å². The number of hydrogen-bond acceptors (Lipinski definition) is 2. The van der Waals surface area contributed by atoms with Gasteiger partial charge >= 0.3 is 0 Å². The molecule has 0 aliphatic heterocycles. The molecule has 0 bridgehead atoms. The predicted molar refractivity (Wildman–Crippen MR) is 20.5 cm³/mol. The zero-order chi connectivity index (χ0) is 4.28. The van der Waals surface area contributed by atoms with Crippen LogP contribution in [0.5, 0.6) is 0 Å². The van der Waals surface area contributed by atoms with Crippen LogP contribution in [0.3, 0.4) is 0 Å². The summed E-state index contributed by atoms with van der Waals surface area (Å²) < 4.78 is 18.6. The molecule has 0 amide bonds. The van der Waals surface area contributed by atoms with E-state index in [1.54, 1.807) is 0 Å². The Balaban J connectivity index is 3.69. The monoisotopic (exact) mass is 92.0 g/mol. The van der Waals surface area contributed by atoms with Gasteiger partial charge in [0.25, 0.3) is 0 Å². The van der Waals surface area contributed by atoms with Gasteiger partial charge in [-0.25, -0.2) is 8.42 Å². The first-order valence-electron chi connectivity index (χ1n) is 1.03. The van der Waals surface area contributed by atoms with E-state index in [-0.39, 0.29) is 0 Å². The highest BCUT2D eigenvalue weighted by Crippen LogP contribution is 1.53. The van der Waals surface area contributed by atoms with Gasteiger partial charge < -0.3 is 0 Å². The van der Waals surface area contributed by atoms with Crippen molar-refractivity contribution in [3.63, 3.8) is 0 Å². The Morgan fingerprint density at radius 3 is 1.80 bits per heavy atom. The van der Waals surface area contributed by atoms with Gasteiger partial charge in [-0.2, -0.15) is 0 Å². The molecular formula is C2H4O2S. The molecule has 0 aromatic carbocycles. The number of thiol groups is 1. The molecule has 0 unspecified atom stereocenters. The van der Waals surface area contributed by atoms with E-state index in [0.29, 0.717) is 0 Å². The molecular weight excluding hydrogens is 88.1 g/mol. The molecule has 0 aliphatic rings. The highest BCUT2D eigenvalue weighted by atomic mass is 32.2. The van der Waals surface area contributed by atoms with Crippen molar-refractivity contribution in [3.8, 4) is 0 Å². The first-order chi connectivity index (χ1) is 2.27. The minimum absolute atomic E-state index is 0.870. The second kappa shape index (κ2) is 1.96. The fraction of sp³-hybridized carbons (Fsp3) is 0. The van der Waals surface area contributed by atoms with Crippen molar-refractivity contribution in [1.82, 2.24) is 0 Å². The van der Waals surface area contributed by atoms with Crippen molar-refractivity contribution >= 4 is 10.7 Å². The highest BCUT2D eigenvalue weighted by molar-refractivity contribution is 7.75. The van der Waals surface area contributed by atoms with Crippen molar-refractivity contribution in [2.75, 3.05) is 0 Å². The first kappa shape index (κ1) is 4.69. The first-order valence-corrected chi connectivity index (χ1v) is 2.28. The van der Waals surface area contributed by atoms with E-state index in [0.717, 1.165) is 5.41 Å². The maximum absolute atomic E-state index is 9.29. The minimum atomic E-state index is -2.33. The molecule has 30 valence electrons. The van der Waals surface area contributed by atoms with Crippen molar-refractivity contribution in [2.24, 2.45) is 0 Å². The van der Waals surface area contributed by atoms with Gasteiger partial charge in [-0.05, 0) is 0 Å². The molecule has 0 aromatic heterocycles. The van der Waals surface area contributed by atoms with E-state index < -0.39 is 10.7 Å². The molecule has 3 heteroatoms. The van der Waals surface area contributed by atoms with Gasteiger partial charge in [-0.3, -0.25) is 0 Å². The van der Waals surface area contributed by atoms with Crippen LogP contribution >= 0.6 is 0 Å². The van der Waals surface area contributed by atoms with Gasteiger partial charge in [0.15, 0.2) is 10.7 Å². The summed E-state index contributed by atoms with van der Waals surface area (Å²) in [6.07, 6.45) is 0. The smallest absolute Gasteiger partial charge is 0.160 e. The maximum Gasteiger partial charge on any atom is 0.160 e. The minimum Gasteiger partial charge on any atom is -0.227 e. The summed E-state index contributed by atoms with van der Waals surface area (Å²) in [7, 11) is -2.33. The van der Waals surface area contributed by atoms with Crippen LogP contribution in [0, 0.1) is 0 Å². The maximum atomic E-state index is 9.29. The molecule has 2 nitrogen and oxygen atoms in total.